The molecule has 1 heterocycles. The minimum Gasteiger partial charge on any atom is -0.475 e. The summed E-state index contributed by atoms with van der Waals surface area (Å²) in [6.45, 7) is 3.71. The molecule has 0 bridgehead atoms. The molecule has 0 saturated heterocycles. The van der Waals surface area contributed by atoms with Crippen molar-refractivity contribution in [2.24, 2.45) is 5.73 Å². The van der Waals surface area contributed by atoms with Crippen molar-refractivity contribution in [1.29, 1.82) is 0 Å². The Labute approximate surface area is 99.2 Å². The lowest BCUT2D eigenvalue weighted by atomic mass is 10.3. The fraction of sp³-hybridized carbons (Fsp3) is 0.545. The fourth-order valence-electron chi connectivity index (χ4n) is 1.27. The van der Waals surface area contributed by atoms with Gasteiger partial charge in [0.25, 0.3) is 0 Å². The van der Waals surface area contributed by atoms with Gasteiger partial charge in [0.05, 0.1) is 5.75 Å². The highest BCUT2D eigenvalue weighted by Gasteiger charge is 2.13. The number of carbonyl (C=O) groups is 1. The molecule has 4 nitrogen and oxygen atoms in total. The maximum absolute atomic E-state index is 10.7. The zero-order chi connectivity index (χ0) is 12.1. The molecule has 0 amide bonds. The molecule has 0 aliphatic carbocycles. The van der Waals surface area contributed by atoms with Gasteiger partial charge in [-0.05, 0) is 32.1 Å². The van der Waals surface area contributed by atoms with Crippen LogP contribution < -0.4 is 5.73 Å². The Bertz CT molecular complexity index is 360. The molecule has 1 aromatic heterocycles. The molecule has 1 rings (SSSR count). The van der Waals surface area contributed by atoms with E-state index in [1.807, 2.05) is 6.92 Å². The van der Waals surface area contributed by atoms with E-state index in [-0.39, 0.29) is 11.8 Å². The highest BCUT2D eigenvalue weighted by Crippen LogP contribution is 2.20. The Hall–Kier alpha value is -0.940. The van der Waals surface area contributed by atoms with Crippen LogP contribution in [0.1, 0.15) is 35.2 Å². The van der Waals surface area contributed by atoms with Crippen LogP contribution in [0.25, 0.3) is 0 Å². The first-order chi connectivity index (χ1) is 7.50. The van der Waals surface area contributed by atoms with Crippen molar-refractivity contribution in [3.8, 4) is 0 Å². The molecule has 0 saturated carbocycles. The van der Waals surface area contributed by atoms with E-state index in [0.29, 0.717) is 17.1 Å². The second kappa shape index (κ2) is 5.96. The summed E-state index contributed by atoms with van der Waals surface area (Å²) in [6.07, 6.45) is 0.955. The number of aromatic carboxylic acids is 1. The molecule has 0 radical (unpaired) electrons. The van der Waals surface area contributed by atoms with Crippen molar-refractivity contribution in [3.63, 3.8) is 0 Å². The quantitative estimate of drug-likeness (QED) is 0.749. The predicted molar refractivity (Wildman–Crippen MR) is 64.8 cm³/mol. The molecule has 0 aliphatic rings. The van der Waals surface area contributed by atoms with Gasteiger partial charge in [0.1, 0.15) is 5.76 Å². The molecule has 3 N–H and O–H groups in total. The van der Waals surface area contributed by atoms with E-state index in [1.165, 1.54) is 0 Å². The van der Waals surface area contributed by atoms with Gasteiger partial charge in [-0.25, -0.2) is 4.79 Å². The van der Waals surface area contributed by atoms with Crippen LogP contribution in [-0.4, -0.2) is 22.9 Å². The van der Waals surface area contributed by atoms with E-state index in [2.05, 4.69) is 0 Å². The van der Waals surface area contributed by atoms with E-state index < -0.39 is 5.97 Å². The number of furan rings is 1. The number of thioether (sulfide) groups is 1. The third kappa shape index (κ3) is 3.90. The van der Waals surface area contributed by atoms with E-state index in [0.717, 1.165) is 12.2 Å². The molecule has 0 fully saturated rings. The van der Waals surface area contributed by atoms with Gasteiger partial charge >= 0.3 is 5.97 Å². The second-order valence-electron chi connectivity index (χ2n) is 3.85. The highest BCUT2D eigenvalue weighted by atomic mass is 32.2. The minimum atomic E-state index is -1.01. The molecule has 90 valence electrons. The molecule has 1 atom stereocenters. The average molecular weight is 243 g/mol. The van der Waals surface area contributed by atoms with Crippen LogP contribution in [0, 0.1) is 6.92 Å². The van der Waals surface area contributed by atoms with E-state index in [4.69, 9.17) is 15.3 Å². The Balaban J connectivity index is 2.43. The summed E-state index contributed by atoms with van der Waals surface area (Å²) >= 11 is 1.70. The number of carboxylic acids is 1. The highest BCUT2D eigenvalue weighted by molar-refractivity contribution is 7.98. The van der Waals surface area contributed by atoms with Crippen LogP contribution in [0.4, 0.5) is 0 Å². The summed E-state index contributed by atoms with van der Waals surface area (Å²) in [5, 5.41) is 8.81. The van der Waals surface area contributed by atoms with Crippen LogP contribution in [0.5, 0.6) is 0 Å². The topological polar surface area (TPSA) is 76.5 Å². The number of aryl methyl sites for hydroxylation is 1. The number of carboxylic acid groups (broad SMARTS) is 1. The van der Waals surface area contributed by atoms with Gasteiger partial charge in [-0.15, -0.1) is 0 Å². The number of hydrogen-bond donors (Lipinski definition) is 2. The second-order valence-corrected chi connectivity index (χ2v) is 4.95. The van der Waals surface area contributed by atoms with Gasteiger partial charge in [0, 0.05) is 11.6 Å². The average Bonchev–Trinajstić information content (AvgIpc) is 2.54. The van der Waals surface area contributed by atoms with E-state index in [1.54, 1.807) is 24.8 Å². The summed E-state index contributed by atoms with van der Waals surface area (Å²) in [5.74, 6) is 1.40. The molecule has 1 aromatic rings. The molecule has 5 heteroatoms. The smallest absolute Gasteiger partial charge is 0.372 e. The van der Waals surface area contributed by atoms with Gasteiger partial charge in [-0.1, -0.05) is 0 Å². The Morgan fingerprint density at radius 3 is 2.88 bits per heavy atom. The van der Waals surface area contributed by atoms with Gasteiger partial charge in [0.15, 0.2) is 0 Å². The summed E-state index contributed by atoms with van der Waals surface area (Å²) in [6, 6.07) is 1.99. The van der Waals surface area contributed by atoms with Crippen LogP contribution in [0.2, 0.25) is 0 Å². The monoisotopic (exact) mass is 243 g/mol. The van der Waals surface area contributed by atoms with Crippen LogP contribution in [-0.2, 0) is 5.75 Å². The first kappa shape index (κ1) is 13.1. The predicted octanol–water partition coefficient (Wildman–Crippen LogP) is 2.26. The molecule has 1 unspecified atom stereocenters. The molecule has 0 aromatic carbocycles. The first-order valence-electron chi connectivity index (χ1n) is 5.16. The third-order valence-corrected chi connectivity index (χ3v) is 3.14. The molecule has 16 heavy (non-hydrogen) atoms. The van der Waals surface area contributed by atoms with Crippen molar-refractivity contribution in [3.05, 3.63) is 23.2 Å². The van der Waals surface area contributed by atoms with Crippen molar-refractivity contribution in [1.82, 2.24) is 0 Å². The van der Waals surface area contributed by atoms with Crippen molar-refractivity contribution in [2.45, 2.75) is 32.1 Å². The molecular weight excluding hydrogens is 226 g/mol. The number of nitrogens with two attached hydrogens (primary N) is 1. The lowest BCUT2D eigenvalue weighted by Crippen LogP contribution is -2.15. The molecular formula is C11H17NO3S. The molecule has 0 spiro atoms. The van der Waals surface area contributed by atoms with Gasteiger partial charge in [0.2, 0.25) is 5.76 Å². The number of rotatable bonds is 6. The van der Waals surface area contributed by atoms with Crippen LogP contribution >= 0.6 is 11.8 Å². The Morgan fingerprint density at radius 2 is 2.38 bits per heavy atom. The molecule has 0 aliphatic heterocycles. The summed E-state index contributed by atoms with van der Waals surface area (Å²) in [4.78, 5) is 10.7. The van der Waals surface area contributed by atoms with E-state index in [9.17, 15) is 4.79 Å². The normalized spacial score (nSPS) is 12.7. The minimum absolute atomic E-state index is 0.0443. The number of hydrogen-bond acceptors (Lipinski definition) is 4. The van der Waals surface area contributed by atoms with Crippen LogP contribution in [0.3, 0.4) is 0 Å². The summed E-state index contributed by atoms with van der Waals surface area (Å²) in [5.41, 5.74) is 6.30. The summed E-state index contributed by atoms with van der Waals surface area (Å²) in [7, 11) is 0. The van der Waals surface area contributed by atoms with E-state index >= 15 is 0 Å². The lowest BCUT2D eigenvalue weighted by Gasteiger charge is -2.02. The van der Waals surface area contributed by atoms with Gasteiger partial charge in [-0.2, -0.15) is 11.8 Å². The Kier molecular flexibility index (Phi) is 4.89. The fourth-order valence-corrected chi connectivity index (χ4v) is 2.30. The van der Waals surface area contributed by atoms with Crippen molar-refractivity contribution < 1.29 is 14.3 Å². The zero-order valence-corrected chi connectivity index (χ0v) is 10.3. The van der Waals surface area contributed by atoms with Gasteiger partial charge < -0.3 is 15.3 Å². The Morgan fingerprint density at radius 1 is 1.69 bits per heavy atom. The van der Waals surface area contributed by atoms with Crippen LogP contribution in [0.15, 0.2) is 10.5 Å². The zero-order valence-electron chi connectivity index (χ0n) is 9.53. The van der Waals surface area contributed by atoms with Gasteiger partial charge in [-0.3, -0.25) is 0 Å². The SMILES string of the molecule is Cc1cc(CSCCC(C)N)oc1C(=O)O. The standard InChI is InChI=1S/C11H17NO3S/c1-7-5-9(15-10(7)11(13)14)6-16-4-3-8(2)12/h5,8H,3-4,6,12H2,1-2H3,(H,13,14). The summed E-state index contributed by atoms with van der Waals surface area (Å²) < 4.78 is 5.23. The largest absolute Gasteiger partial charge is 0.475 e. The third-order valence-electron chi connectivity index (χ3n) is 2.12. The van der Waals surface area contributed by atoms with Crippen molar-refractivity contribution >= 4 is 17.7 Å². The lowest BCUT2D eigenvalue weighted by molar-refractivity contribution is 0.0659. The van der Waals surface area contributed by atoms with Crippen molar-refractivity contribution in [2.75, 3.05) is 5.75 Å². The first-order valence-corrected chi connectivity index (χ1v) is 6.32. The maximum Gasteiger partial charge on any atom is 0.372 e. The maximum atomic E-state index is 10.7.